The predicted octanol–water partition coefficient (Wildman–Crippen LogP) is 2.28. The van der Waals surface area contributed by atoms with Gasteiger partial charge >= 0.3 is 0 Å². The molecular weight excluding hydrogens is 410 g/mol. The van der Waals surface area contributed by atoms with Crippen LogP contribution in [0.1, 0.15) is 36.1 Å². The molecule has 0 saturated heterocycles. The molecule has 3 aromatic rings. The molecule has 7 heteroatoms. The number of hydrogen-bond donors (Lipinski definition) is 2. The third-order valence-electron chi connectivity index (χ3n) is 4.73. The molecule has 0 aliphatic rings. The maximum Gasteiger partial charge on any atom is 0.272 e. The van der Waals surface area contributed by atoms with Crippen LogP contribution in [-0.2, 0) is 0 Å². The van der Waals surface area contributed by atoms with Crippen LogP contribution in [0.3, 0.4) is 0 Å². The van der Waals surface area contributed by atoms with Gasteiger partial charge in [-0.1, -0.05) is 54.5 Å². The van der Waals surface area contributed by atoms with Crippen molar-refractivity contribution in [2.45, 2.75) is 25.7 Å². The monoisotopic (exact) mass is 439 g/mol. The van der Waals surface area contributed by atoms with Crippen LogP contribution in [0.4, 0.5) is 0 Å². The van der Waals surface area contributed by atoms with E-state index in [1.54, 1.807) is 12.2 Å². The van der Waals surface area contributed by atoms with Crippen molar-refractivity contribution in [3.8, 4) is 5.06 Å². The summed E-state index contributed by atoms with van der Waals surface area (Å²) in [6, 6.07) is 13.2. The quantitative estimate of drug-likeness (QED) is 0.475. The summed E-state index contributed by atoms with van der Waals surface area (Å²) in [5, 5.41) is 1.27. The summed E-state index contributed by atoms with van der Waals surface area (Å²) >= 11 is 1.45. The first-order chi connectivity index (χ1) is 15.0. The molecule has 0 aliphatic carbocycles. The molecule has 6 nitrogen and oxygen atoms in total. The van der Waals surface area contributed by atoms with E-state index in [0.29, 0.717) is 6.61 Å². The van der Waals surface area contributed by atoms with Crippen LogP contribution in [0, 0.1) is 0 Å². The van der Waals surface area contributed by atoms with Gasteiger partial charge in [-0.25, -0.2) is 0 Å². The van der Waals surface area contributed by atoms with Gasteiger partial charge in [-0.3, -0.25) is 9.59 Å². The Kier molecular flexibility index (Phi) is 8.44. The Morgan fingerprint density at radius 1 is 0.871 bits per heavy atom. The second-order valence-electron chi connectivity index (χ2n) is 7.66. The fourth-order valence-electron chi connectivity index (χ4n) is 3.10. The largest absolute Gasteiger partial charge is 0.484 e. The molecule has 3 rings (SSSR count). The number of thiophene rings is 1. The number of aromatic amines is 2. The molecule has 31 heavy (non-hydrogen) atoms. The van der Waals surface area contributed by atoms with E-state index in [1.807, 2.05) is 42.5 Å². The average Bonchev–Trinajstić information content (AvgIpc) is 3.19. The molecular formula is C24H29N3O3S. The smallest absolute Gasteiger partial charge is 0.272 e. The van der Waals surface area contributed by atoms with E-state index in [9.17, 15) is 9.59 Å². The van der Waals surface area contributed by atoms with Crippen molar-refractivity contribution in [2.24, 2.45) is 0 Å². The molecule has 0 aliphatic heterocycles. The van der Waals surface area contributed by atoms with Gasteiger partial charge in [0.15, 0.2) is 5.06 Å². The van der Waals surface area contributed by atoms with E-state index in [4.69, 9.17) is 4.74 Å². The fraction of sp³-hybridized carbons (Fsp3) is 0.333. The van der Waals surface area contributed by atoms with E-state index >= 15 is 0 Å². The summed E-state index contributed by atoms with van der Waals surface area (Å²) < 4.78 is 5.82. The van der Waals surface area contributed by atoms with E-state index in [1.165, 1.54) is 24.2 Å². The van der Waals surface area contributed by atoms with Crippen LogP contribution in [0.5, 0.6) is 5.06 Å². The molecule has 1 aromatic carbocycles. The topological polar surface area (TPSA) is 78.2 Å². The van der Waals surface area contributed by atoms with Gasteiger partial charge in [0.25, 0.3) is 11.1 Å². The maximum absolute atomic E-state index is 12.4. The lowest BCUT2D eigenvalue weighted by Crippen LogP contribution is -2.46. The predicted molar refractivity (Wildman–Crippen MR) is 127 cm³/mol. The second kappa shape index (κ2) is 11.5. The number of ether oxygens (including phenoxy) is 1. The number of nitrogens with one attached hydrogen (secondary N) is 2. The molecule has 0 fully saturated rings. The first kappa shape index (κ1) is 22.8. The molecule has 2 aromatic heterocycles. The lowest BCUT2D eigenvalue weighted by molar-refractivity contribution is 0.310. The minimum Gasteiger partial charge on any atom is -0.484 e. The number of benzene rings is 1. The zero-order chi connectivity index (χ0) is 22.1. The van der Waals surface area contributed by atoms with Crippen LogP contribution in [-0.4, -0.2) is 42.1 Å². The summed E-state index contributed by atoms with van der Waals surface area (Å²) in [4.78, 5) is 33.2. The van der Waals surface area contributed by atoms with Gasteiger partial charge in [0, 0.05) is 4.88 Å². The highest BCUT2D eigenvalue weighted by Crippen LogP contribution is 2.25. The van der Waals surface area contributed by atoms with Crippen LogP contribution >= 0.6 is 11.3 Å². The molecule has 0 amide bonds. The summed E-state index contributed by atoms with van der Waals surface area (Å²) in [6.07, 6.45) is 7.92. The van der Waals surface area contributed by atoms with E-state index in [0.717, 1.165) is 34.9 Å². The number of unbranched alkanes of at least 4 members (excludes halogenated alkanes) is 3. The van der Waals surface area contributed by atoms with Crippen molar-refractivity contribution in [2.75, 3.05) is 27.2 Å². The standard InChI is InChI=1S/C24H29N3O3S/c1-27(2)14-8-3-4-9-15-30-22-13-12-19(31-22)17-21-24(29)25-20(23(28)26-21)16-18-10-6-5-7-11-18/h5-7,10-13,16-17H,3-4,8-9,14-15H2,1-2H3,(H,25,29)(H,26,28). The molecule has 164 valence electrons. The zero-order valence-corrected chi connectivity index (χ0v) is 18.8. The SMILES string of the molecule is CN(C)CCCCCCOc1ccc(C=c2[nH]c(=O)c(=Cc3ccccc3)[nH]c2=O)s1. The Morgan fingerprint density at radius 3 is 2.26 bits per heavy atom. The van der Waals surface area contributed by atoms with Gasteiger partial charge in [-0.15, -0.1) is 0 Å². The maximum atomic E-state index is 12.4. The van der Waals surface area contributed by atoms with Gasteiger partial charge in [0.05, 0.1) is 6.61 Å². The molecule has 0 unspecified atom stereocenters. The molecule has 0 atom stereocenters. The van der Waals surface area contributed by atoms with E-state index in [-0.39, 0.29) is 21.8 Å². The minimum absolute atomic E-state index is 0.226. The average molecular weight is 440 g/mol. The third kappa shape index (κ3) is 7.38. The fourth-order valence-corrected chi connectivity index (χ4v) is 3.92. The Bertz CT molecular complexity index is 1190. The lowest BCUT2D eigenvalue weighted by Gasteiger charge is -2.08. The second-order valence-corrected chi connectivity index (χ2v) is 8.74. The highest BCUT2D eigenvalue weighted by molar-refractivity contribution is 7.14. The van der Waals surface area contributed by atoms with E-state index < -0.39 is 0 Å². The molecule has 0 saturated carbocycles. The van der Waals surface area contributed by atoms with Gasteiger partial charge in [-0.05, 0) is 63.3 Å². The van der Waals surface area contributed by atoms with Crippen LogP contribution < -0.4 is 26.6 Å². The number of nitrogens with zero attached hydrogens (tertiary/aromatic N) is 1. The van der Waals surface area contributed by atoms with Crippen molar-refractivity contribution in [1.82, 2.24) is 14.9 Å². The Labute approximate surface area is 185 Å². The zero-order valence-electron chi connectivity index (χ0n) is 18.0. The Balaban J connectivity index is 1.62. The number of rotatable bonds is 10. The lowest BCUT2D eigenvalue weighted by atomic mass is 10.2. The molecule has 0 bridgehead atoms. The van der Waals surface area contributed by atoms with Crippen molar-refractivity contribution in [1.29, 1.82) is 0 Å². The molecule has 0 spiro atoms. The van der Waals surface area contributed by atoms with Gasteiger partial charge in [0.1, 0.15) is 10.7 Å². The van der Waals surface area contributed by atoms with Crippen molar-refractivity contribution in [3.05, 3.63) is 84.3 Å². The molecule has 2 N–H and O–H groups in total. The minimum atomic E-state index is -0.338. The Morgan fingerprint density at radius 2 is 1.55 bits per heavy atom. The Hall–Kier alpha value is -2.90. The van der Waals surface area contributed by atoms with Gasteiger partial charge < -0.3 is 19.6 Å². The van der Waals surface area contributed by atoms with Gasteiger partial charge in [-0.2, -0.15) is 0 Å². The summed E-state index contributed by atoms with van der Waals surface area (Å²) in [5.74, 6) is 0. The first-order valence-corrected chi connectivity index (χ1v) is 11.3. The first-order valence-electron chi connectivity index (χ1n) is 10.5. The normalized spacial score (nSPS) is 12.6. The highest BCUT2D eigenvalue weighted by atomic mass is 32.1. The van der Waals surface area contributed by atoms with Crippen LogP contribution in [0.15, 0.2) is 52.1 Å². The molecule has 0 radical (unpaired) electrons. The molecule has 2 heterocycles. The number of H-pyrrole nitrogens is 2. The number of hydrogen-bond acceptors (Lipinski definition) is 5. The highest BCUT2D eigenvalue weighted by Gasteiger charge is 2.02. The summed E-state index contributed by atoms with van der Waals surface area (Å²) in [7, 11) is 4.19. The van der Waals surface area contributed by atoms with Crippen LogP contribution in [0.25, 0.3) is 12.2 Å². The third-order valence-corrected chi connectivity index (χ3v) is 5.67. The summed E-state index contributed by atoms with van der Waals surface area (Å²) in [6.45, 7) is 1.81. The van der Waals surface area contributed by atoms with Crippen molar-refractivity contribution >= 4 is 23.5 Å². The van der Waals surface area contributed by atoms with Gasteiger partial charge in [0.2, 0.25) is 0 Å². The summed E-state index contributed by atoms with van der Waals surface area (Å²) in [5.41, 5.74) is 0.172. The van der Waals surface area contributed by atoms with Crippen LogP contribution in [0.2, 0.25) is 0 Å². The van der Waals surface area contributed by atoms with E-state index in [2.05, 4.69) is 29.0 Å². The van der Waals surface area contributed by atoms with Crippen molar-refractivity contribution < 1.29 is 4.74 Å². The van der Waals surface area contributed by atoms with Crippen molar-refractivity contribution in [3.63, 3.8) is 0 Å². The number of aromatic nitrogens is 2.